The Hall–Kier alpha value is -1.39. The van der Waals surface area contributed by atoms with Crippen LogP contribution in [0, 0.1) is 0 Å². The maximum atomic E-state index is 11.6. The quantitative estimate of drug-likeness (QED) is 0.767. The minimum atomic E-state index is -4.71. The fraction of sp³-hybridized carbons (Fsp3) is 0.333. The summed E-state index contributed by atoms with van der Waals surface area (Å²) in [5.74, 6) is -0.695. The number of phenols is 1. The fourth-order valence-electron chi connectivity index (χ4n) is 0.681. The Balaban J connectivity index is 0.000000791. The molecule has 0 unspecified atom stereocenters. The number of halogens is 3. The lowest BCUT2D eigenvalue weighted by Crippen LogP contribution is -2.16. The molecule has 0 radical (unpaired) electrons. The van der Waals surface area contributed by atoms with Gasteiger partial charge in [0.05, 0.1) is 0 Å². The van der Waals surface area contributed by atoms with E-state index in [0.717, 1.165) is 12.1 Å². The van der Waals surface area contributed by atoms with Gasteiger partial charge in [0.1, 0.15) is 11.5 Å². The maximum Gasteiger partial charge on any atom is 0.573 e. The van der Waals surface area contributed by atoms with E-state index in [1.165, 1.54) is 12.1 Å². The predicted octanol–water partition coefficient (Wildman–Crippen LogP) is 3.32. The van der Waals surface area contributed by atoms with E-state index in [-0.39, 0.29) is 5.75 Å². The SMILES string of the molecule is CC.Oc1cccc(OC(F)(F)F)c1. The summed E-state index contributed by atoms with van der Waals surface area (Å²) in [7, 11) is 0. The van der Waals surface area contributed by atoms with Crippen molar-refractivity contribution in [1.29, 1.82) is 0 Å². The van der Waals surface area contributed by atoms with Crippen LogP contribution in [0.1, 0.15) is 13.8 Å². The van der Waals surface area contributed by atoms with E-state index in [2.05, 4.69) is 4.74 Å². The topological polar surface area (TPSA) is 29.5 Å². The van der Waals surface area contributed by atoms with Gasteiger partial charge in [0.2, 0.25) is 0 Å². The molecule has 2 nitrogen and oxygen atoms in total. The van der Waals surface area contributed by atoms with Gasteiger partial charge in [0.25, 0.3) is 0 Å². The summed E-state index contributed by atoms with van der Waals surface area (Å²) in [6, 6.07) is 4.50. The Labute approximate surface area is 79.9 Å². The van der Waals surface area contributed by atoms with Gasteiger partial charge in [-0.2, -0.15) is 0 Å². The highest BCUT2D eigenvalue weighted by molar-refractivity contribution is 5.31. The third-order valence-electron chi connectivity index (χ3n) is 1.05. The summed E-state index contributed by atoms with van der Waals surface area (Å²) in [6.45, 7) is 4.00. The third kappa shape index (κ3) is 5.29. The average molecular weight is 208 g/mol. The highest BCUT2D eigenvalue weighted by Crippen LogP contribution is 2.24. The van der Waals surface area contributed by atoms with Crippen LogP contribution in [0.4, 0.5) is 13.2 Å². The number of ether oxygens (including phenoxy) is 1. The van der Waals surface area contributed by atoms with Gasteiger partial charge in [-0.3, -0.25) is 0 Å². The Morgan fingerprint density at radius 1 is 1.21 bits per heavy atom. The van der Waals surface area contributed by atoms with Gasteiger partial charge in [0, 0.05) is 6.07 Å². The van der Waals surface area contributed by atoms with Crippen LogP contribution in [0.25, 0.3) is 0 Å². The van der Waals surface area contributed by atoms with Crippen molar-refractivity contribution in [2.24, 2.45) is 0 Å². The number of phenolic OH excluding ortho intramolecular Hbond substituents is 1. The van der Waals surface area contributed by atoms with Crippen LogP contribution in [0.2, 0.25) is 0 Å². The summed E-state index contributed by atoms with van der Waals surface area (Å²) >= 11 is 0. The first-order valence-electron chi connectivity index (χ1n) is 4.02. The Morgan fingerprint density at radius 2 is 1.79 bits per heavy atom. The molecule has 5 heteroatoms. The largest absolute Gasteiger partial charge is 0.573 e. The highest BCUT2D eigenvalue weighted by Gasteiger charge is 2.31. The standard InChI is InChI=1S/C7H5F3O2.C2H6/c8-7(9,10)12-6-3-1-2-5(11)4-6;1-2/h1-4,11H;1-2H3. The maximum absolute atomic E-state index is 11.6. The van der Waals surface area contributed by atoms with Gasteiger partial charge in [0.15, 0.2) is 0 Å². The summed E-state index contributed by atoms with van der Waals surface area (Å²) in [5.41, 5.74) is 0. The second kappa shape index (κ2) is 5.36. The van der Waals surface area contributed by atoms with E-state index in [4.69, 9.17) is 5.11 Å². The molecular formula is C9H11F3O2. The molecule has 1 N–H and O–H groups in total. The van der Waals surface area contributed by atoms with Gasteiger partial charge < -0.3 is 9.84 Å². The molecule has 0 aliphatic carbocycles. The minimum Gasteiger partial charge on any atom is -0.508 e. The molecule has 0 fully saturated rings. The first-order valence-corrected chi connectivity index (χ1v) is 4.02. The van der Waals surface area contributed by atoms with E-state index in [1.54, 1.807) is 0 Å². The van der Waals surface area contributed by atoms with Crippen molar-refractivity contribution >= 4 is 0 Å². The van der Waals surface area contributed by atoms with Crippen LogP contribution < -0.4 is 4.74 Å². The van der Waals surface area contributed by atoms with Crippen LogP contribution >= 0.6 is 0 Å². The molecule has 0 bridgehead atoms. The molecule has 1 aromatic rings. The predicted molar refractivity (Wildman–Crippen MR) is 46.1 cm³/mol. The van der Waals surface area contributed by atoms with Crippen LogP contribution in [0.5, 0.6) is 11.5 Å². The zero-order chi connectivity index (χ0) is 11.2. The smallest absolute Gasteiger partial charge is 0.508 e. The van der Waals surface area contributed by atoms with Crippen LogP contribution in [-0.4, -0.2) is 11.5 Å². The molecule has 1 rings (SSSR count). The number of alkyl halides is 3. The third-order valence-corrected chi connectivity index (χ3v) is 1.05. The molecule has 0 spiro atoms. The number of aromatic hydroxyl groups is 1. The van der Waals surface area contributed by atoms with Crippen LogP contribution in [-0.2, 0) is 0 Å². The van der Waals surface area contributed by atoms with Crippen molar-refractivity contribution in [2.45, 2.75) is 20.2 Å². The monoisotopic (exact) mass is 208 g/mol. The number of benzene rings is 1. The summed E-state index contributed by atoms with van der Waals surface area (Å²) in [6.07, 6.45) is -4.71. The molecular weight excluding hydrogens is 197 g/mol. The number of hydrogen-bond donors (Lipinski definition) is 1. The highest BCUT2D eigenvalue weighted by atomic mass is 19.4. The molecule has 14 heavy (non-hydrogen) atoms. The first-order chi connectivity index (χ1) is 6.47. The van der Waals surface area contributed by atoms with Crippen molar-refractivity contribution in [2.75, 3.05) is 0 Å². The molecule has 0 aromatic heterocycles. The van der Waals surface area contributed by atoms with Crippen molar-refractivity contribution in [3.8, 4) is 11.5 Å². The molecule has 0 saturated heterocycles. The summed E-state index contributed by atoms with van der Waals surface area (Å²) in [5, 5.41) is 8.76. The molecule has 1 aromatic carbocycles. The molecule has 0 aliphatic heterocycles. The lowest BCUT2D eigenvalue weighted by molar-refractivity contribution is -0.274. The zero-order valence-corrected chi connectivity index (χ0v) is 7.80. The van der Waals surface area contributed by atoms with Crippen molar-refractivity contribution in [3.05, 3.63) is 24.3 Å². The van der Waals surface area contributed by atoms with E-state index in [9.17, 15) is 13.2 Å². The summed E-state index contributed by atoms with van der Waals surface area (Å²) in [4.78, 5) is 0. The molecule has 0 aliphatic rings. The summed E-state index contributed by atoms with van der Waals surface area (Å²) < 4.78 is 38.2. The van der Waals surface area contributed by atoms with Gasteiger partial charge in [-0.05, 0) is 12.1 Å². The second-order valence-corrected chi connectivity index (χ2v) is 2.05. The van der Waals surface area contributed by atoms with E-state index in [0.29, 0.717) is 0 Å². The molecule has 0 saturated carbocycles. The van der Waals surface area contributed by atoms with Gasteiger partial charge in [-0.1, -0.05) is 19.9 Å². The molecule has 80 valence electrons. The van der Waals surface area contributed by atoms with E-state index in [1.807, 2.05) is 13.8 Å². The van der Waals surface area contributed by atoms with Gasteiger partial charge in [-0.25, -0.2) is 0 Å². The lowest BCUT2D eigenvalue weighted by atomic mass is 10.3. The van der Waals surface area contributed by atoms with Crippen molar-refractivity contribution in [3.63, 3.8) is 0 Å². The Kier molecular flexibility index (Phi) is 4.83. The van der Waals surface area contributed by atoms with Gasteiger partial charge in [-0.15, -0.1) is 13.2 Å². The van der Waals surface area contributed by atoms with E-state index < -0.39 is 12.1 Å². The number of hydrogen-bond acceptors (Lipinski definition) is 2. The van der Waals surface area contributed by atoms with Gasteiger partial charge >= 0.3 is 6.36 Å². The Bertz CT molecular complexity index is 271. The van der Waals surface area contributed by atoms with E-state index >= 15 is 0 Å². The molecule has 0 amide bonds. The normalized spacial score (nSPS) is 10.1. The van der Waals surface area contributed by atoms with Crippen LogP contribution in [0.15, 0.2) is 24.3 Å². The average Bonchev–Trinajstić information content (AvgIpc) is 2.04. The lowest BCUT2D eigenvalue weighted by Gasteiger charge is -2.07. The van der Waals surface area contributed by atoms with Crippen molar-refractivity contribution < 1.29 is 23.0 Å². The second-order valence-electron chi connectivity index (χ2n) is 2.05. The first kappa shape index (κ1) is 12.6. The fourth-order valence-corrected chi connectivity index (χ4v) is 0.681. The Morgan fingerprint density at radius 3 is 2.21 bits per heavy atom. The number of rotatable bonds is 1. The zero-order valence-electron chi connectivity index (χ0n) is 7.80. The van der Waals surface area contributed by atoms with Crippen LogP contribution in [0.3, 0.4) is 0 Å². The minimum absolute atomic E-state index is 0.267. The molecule has 0 atom stereocenters. The molecule has 0 heterocycles. The van der Waals surface area contributed by atoms with Crippen molar-refractivity contribution in [1.82, 2.24) is 0 Å².